The molecular weight excluding hydrogens is 404 g/mol. The monoisotopic (exact) mass is 423 g/mol. The topological polar surface area (TPSA) is 89.0 Å². The molecule has 3 heterocycles. The second-order valence-electron chi connectivity index (χ2n) is 7.01. The van der Waals surface area contributed by atoms with Crippen LogP contribution in [0.4, 0.5) is 20.4 Å². The third kappa shape index (κ3) is 4.38. The van der Waals surface area contributed by atoms with Crippen LogP contribution in [0.5, 0.6) is 5.75 Å². The van der Waals surface area contributed by atoms with Crippen molar-refractivity contribution in [2.24, 2.45) is 5.92 Å². The molecule has 1 fully saturated rings. The van der Waals surface area contributed by atoms with Crippen LogP contribution in [0.15, 0.2) is 30.7 Å². The predicted octanol–water partition coefficient (Wildman–Crippen LogP) is 3.76. The molecule has 1 saturated carbocycles. The summed E-state index contributed by atoms with van der Waals surface area (Å²) in [6.07, 6.45) is 3.49. The number of rotatable bonds is 5. The van der Waals surface area contributed by atoms with Gasteiger partial charge in [0, 0.05) is 36.1 Å². The zero-order valence-corrected chi connectivity index (χ0v) is 16.9. The number of alkyl halides is 2. The zero-order chi connectivity index (χ0) is 22.0. The summed E-state index contributed by atoms with van der Waals surface area (Å²) in [5.74, 6) is 6.79. The number of amides is 1. The van der Waals surface area contributed by atoms with Crippen molar-refractivity contribution < 1.29 is 18.3 Å². The van der Waals surface area contributed by atoms with E-state index in [1.165, 1.54) is 19.4 Å². The van der Waals surface area contributed by atoms with Crippen molar-refractivity contribution >= 4 is 28.3 Å². The Morgan fingerprint density at radius 2 is 1.94 bits per heavy atom. The lowest BCUT2D eigenvalue weighted by atomic mass is 10.1. The first-order valence-corrected chi connectivity index (χ1v) is 9.61. The summed E-state index contributed by atoms with van der Waals surface area (Å²) in [5, 5.41) is 7.16. The van der Waals surface area contributed by atoms with E-state index in [4.69, 9.17) is 4.74 Å². The fourth-order valence-electron chi connectivity index (χ4n) is 3.05. The summed E-state index contributed by atoms with van der Waals surface area (Å²) in [7, 11) is 3.11. The van der Waals surface area contributed by atoms with Gasteiger partial charge in [-0.3, -0.25) is 4.79 Å². The Balaban J connectivity index is 1.76. The molecule has 0 radical (unpaired) electrons. The van der Waals surface area contributed by atoms with Crippen LogP contribution in [-0.4, -0.2) is 35.0 Å². The van der Waals surface area contributed by atoms with Gasteiger partial charge in [-0.2, -0.15) is 0 Å². The first-order chi connectivity index (χ1) is 15.0. The SMILES string of the molecule is CNc1ncc(C#Cc2ncc(OC)cc2C(F)F)c2cc(NC(=O)C3CC3)ncc12. The standard InChI is InChI=1S/C22H19F2N5O2/c1-25-21-17-11-27-19(29-22(30)12-3-4-12)8-15(17)13(9-28-21)5-6-18-16(20(23)24)7-14(31-2)10-26-18/h7-12,20H,3-4H2,1-2H3,(H,25,28)(H,27,29,30). The van der Waals surface area contributed by atoms with Gasteiger partial charge in [0.2, 0.25) is 5.91 Å². The number of hydrogen-bond donors (Lipinski definition) is 2. The number of ether oxygens (including phenoxy) is 1. The molecule has 1 aliphatic carbocycles. The average Bonchev–Trinajstić information content (AvgIpc) is 3.62. The van der Waals surface area contributed by atoms with Crippen molar-refractivity contribution in [3.63, 3.8) is 0 Å². The van der Waals surface area contributed by atoms with Gasteiger partial charge in [0.1, 0.15) is 23.1 Å². The van der Waals surface area contributed by atoms with E-state index in [0.717, 1.165) is 12.8 Å². The largest absolute Gasteiger partial charge is 0.495 e. The number of fused-ring (bicyclic) bond motifs is 1. The minimum Gasteiger partial charge on any atom is -0.495 e. The van der Waals surface area contributed by atoms with Gasteiger partial charge < -0.3 is 15.4 Å². The molecule has 0 aliphatic heterocycles. The molecule has 0 spiro atoms. The Kier molecular flexibility index (Phi) is 5.62. The number of carbonyl (C=O) groups excluding carboxylic acids is 1. The number of methoxy groups -OCH3 is 1. The lowest BCUT2D eigenvalue weighted by Gasteiger charge is -2.09. The van der Waals surface area contributed by atoms with Crippen LogP contribution < -0.4 is 15.4 Å². The Labute approximate surface area is 177 Å². The first-order valence-electron chi connectivity index (χ1n) is 9.61. The van der Waals surface area contributed by atoms with Crippen LogP contribution in [-0.2, 0) is 4.79 Å². The fourth-order valence-corrected chi connectivity index (χ4v) is 3.05. The van der Waals surface area contributed by atoms with Gasteiger partial charge in [-0.25, -0.2) is 23.7 Å². The number of halogens is 2. The van der Waals surface area contributed by atoms with Crippen LogP contribution in [0.2, 0.25) is 0 Å². The molecule has 0 unspecified atom stereocenters. The smallest absolute Gasteiger partial charge is 0.266 e. The second-order valence-corrected chi connectivity index (χ2v) is 7.01. The first kappa shape index (κ1) is 20.5. The molecule has 7 nitrogen and oxygen atoms in total. The van der Waals surface area contributed by atoms with E-state index in [1.807, 2.05) is 0 Å². The van der Waals surface area contributed by atoms with Gasteiger partial charge in [-0.15, -0.1) is 0 Å². The summed E-state index contributed by atoms with van der Waals surface area (Å²) >= 11 is 0. The molecule has 3 aromatic heterocycles. The van der Waals surface area contributed by atoms with Crippen LogP contribution in [0.3, 0.4) is 0 Å². The van der Waals surface area contributed by atoms with Gasteiger partial charge in [0.15, 0.2) is 0 Å². The number of hydrogen-bond acceptors (Lipinski definition) is 6. The highest BCUT2D eigenvalue weighted by Gasteiger charge is 2.29. The minimum atomic E-state index is -2.75. The van der Waals surface area contributed by atoms with E-state index >= 15 is 0 Å². The summed E-state index contributed by atoms with van der Waals surface area (Å²) in [4.78, 5) is 24.7. The molecule has 4 rings (SSSR count). The lowest BCUT2D eigenvalue weighted by molar-refractivity contribution is -0.117. The minimum absolute atomic E-state index is 0.0379. The van der Waals surface area contributed by atoms with Crippen molar-refractivity contribution in [3.8, 4) is 17.6 Å². The molecule has 0 bridgehead atoms. The lowest BCUT2D eigenvalue weighted by Crippen LogP contribution is -2.14. The van der Waals surface area contributed by atoms with Crippen molar-refractivity contribution in [1.29, 1.82) is 0 Å². The predicted molar refractivity (Wildman–Crippen MR) is 112 cm³/mol. The molecule has 0 aromatic carbocycles. The van der Waals surface area contributed by atoms with E-state index in [2.05, 4.69) is 37.4 Å². The molecule has 1 aliphatic rings. The molecule has 158 valence electrons. The quantitative estimate of drug-likeness (QED) is 0.608. The number of nitrogens with one attached hydrogen (secondary N) is 2. The van der Waals surface area contributed by atoms with Gasteiger partial charge in [0.25, 0.3) is 6.43 Å². The maximum Gasteiger partial charge on any atom is 0.266 e. The van der Waals surface area contributed by atoms with E-state index in [9.17, 15) is 13.6 Å². The van der Waals surface area contributed by atoms with Crippen molar-refractivity contribution in [2.75, 3.05) is 24.8 Å². The molecular formula is C22H19F2N5O2. The highest BCUT2D eigenvalue weighted by molar-refractivity contribution is 5.99. The summed E-state index contributed by atoms with van der Waals surface area (Å²) in [6, 6.07) is 2.93. The molecule has 1 amide bonds. The van der Waals surface area contributed by atoms with Gasteiger partial charge in [0.05, 0.1) is 24.4 Å². The van der Waals surface area contributed by atoms with Crippen molar-refractivity contribution in [3.05, 3.63) is 47.5 Å². The number of pyridine rings is 3. The Bertz CT molecular complexity index is 1220. The van der Waals surface area contributed by atoms with E-state index in [-0.39, 0.29) is 28.8 Å². The number of aromatic nitrogens is 3. The molecule has 3 aromatic rings. The average molecular weight is 423 g/mol. The second kappa shape index (κ2) is 8.52. The van der Waals surface area contributed by atoms with Crippen LogP contribution in [0, 0.1) is 17.8 Å². The highest BCUT2D eigenvalue weighted by Crippen LogP contribution is 2.31. The Morgan fingerprint density at radius 3 is 2.61 bits per heavy atom. The van der Waals surface area contributed by atoms with E-state index in [1.54, 1.807) is 25.5 Å². The fraction of sp³-hybridized carbons (Fsp3) is 0.273. The van der Waals surface area contributed by atoms with Gasteiger partial charge in [-0.1, -0.05) is 5.92 Å². The Hall–Kier alpha value is -3.80. The number of nitrogens with zero attached hydrogens (tertiary/aromatic N) is 3. The molecule has 0 atom stereocenters. The normalized spacial score (nSPS) is 12.9. The van der Waals surface area contributed by atoms with Crippen molar-refractivity contribution in [1.82, 2.24) is 15.0 Å². The van der Waals surface area contributed by atoms with Crippen LogP contribution in [0.25, 0.3) is 10.8 Å². The number of carbonyl (C=O) groups is 1. The van der Waals surface area contributed by atoms with E-state index in [0.29, 0.717) is 28.0 Å². The third-order valence-corrected chi connectivity index (χ3v) is 4.89. The van der Waals surface area contributed by atoms with Crippen LogP contribution in [0.1, 0.15) is 36.1 Å². The Morgan fingerprint density at radius 1 is 1.13 bits per heavy atom. The molecule has 0 saturated heterocycles. The summed E-state index contributed by atoms with van der Waals surface area (Å²) < 4.78 is 31.8. The van der Waals surface area contributed by atoms with Gasteiger partial charge in [-0.05, 0) is 30.9 Å². The van der Waals surface area contributed by atoms with Crippen LogP contribution >= 0.6 is 0 Å². The van der Waals surface area contributed by atoms with Gasteiger partial charge >= 0.3 is 0 Å². The third-order valence-electron chi connectivity index (χ3n) is 4.89. The highest BCUT2D eigenvalue weighted by atomic mass is 19.3. The zero-order valence-electron chi connectivity index (χ0n) is 16.9. The maximum atomic E-state index is 13.4. The maximum absolute atomic E-state index is 13.4. The summed E-state index contributed by atoms with van der Waals surface area (Å²) in [6.45, 7) is 0. The molecule has 9 heteroatoms. The van der Waals surface area contributed by atoms with E-state index < -0.39 is 6.43 Å². The number of anilines is 2. The summed E-state index contributed by atoms with van der Waals surface area (Å²) in [5.41, 5.74) is 0.143. The molecule has 2 N–H and O–H groups in total. The molecule has 31 heavy (non-hydrogen) atoms. The van der Waals surface area contributed by atoms with Crippen molar-refractivity contribution in [2.45, 2.75) is 19.3 Å².